The molecule has 0 bridgehead atoms. The lowest BCUT2D eigenvalue weighted by Crippen LogP contribution is -2.00. The van der Waals surface area contributed by atoms with Gasteiger partial charge in [-0.25, -0.2) is 0 Å². The minimum atomic E-state index is 0.0402. The Labute approximate surface area is 83.7 Å². The van der Waals surface area contributed by atoms with E-state index in [4.69, 9.17) is 15.8 Å². The normalized spacial score (nSPS) is 13.1. The van der Waals surface area contributed by atoms with Crippen molar-refractivity contribution in [2.75, 3.05) is 0 Å². The van der Waals surface area contributed by atoms with Crippen LogP contribution in [0.5, 0.6) is 0 Å². The van der Waals surface area contributed by atoms with Crippen LogP contribution in [0.25, 0.3) is 0 Å². The highest BCUT2D eigenvalue weighted by atomic mass is 14.3. The molecular formula is C9H5B2N3. The van der Waals surface area contributed by atoms with Crippen molar-refractivity contribution >= 4 is 14.3 Å². The molecule has 1 rings (SSSR count). The number of rotatable bonds is 1. The molecule has 0 fully saturated rings. The van der Waals surface area contributed by atoms with Gasteiger partial charge >= 0.3 is 0 Å². The van der Waals surface area contributed by atoms with E-state index in [1.165, 1.54) is 0 Å². The summed E-state index contributed by atoms with van der Waals surface area (Å²) in [6.07, 6.45) is 1.61. The Morgan fingerprint density at radius 3 is 2.29 bits per heavy atom. The van der Waals surface area contributed by atoms with Gasteiger partial charge in [-0.3, -0.25) is 0 Å². The summed E-state index contributed by atoms with van der Waals surface area (Å²) in [5.74, 6) is 0. The van der Waals surface area contributed by atoms with Crippen LogP contribution in [0.3, 0.4) is 0 Å². The van der Waals surface area contributed by atoms with E-state index in [-0.39, 0.29) is 5.57 Å². The molecule has 0 saturated heterocycles. The second kappa shape index (κ2) is 4.17. The lowest BCUT2D eigenvalue weighted by atomic mass is 9.37. The van der Waals surface area contributed by atoms with Gasteiger partial charge in [-0.15, -0.1) is 0 Å². The Morgan fingerprint density at radius 2 is 1.86 bits per heavy atom. The van der Waals surface area contributed by atoms with Gasteiger partial charge in [0.05, 0.1) is 6.07 Å². The summed E-state index contributed by atoms with van der Waals surface area (Å²) in [7, 11) is 1.27. The molecule has 0 radical (unpaired) electrons. The molecule has 1 aliphatic rings. The van der Waals surface area contributed by atoms with Crippen molar-refractivity contribution in [1.82, 2.24) is 0 Å². The highest BCUT2D eigenvalue weighted by molar-refractivity contribution is 7.10. The minimum absolute atomic E-state index is 0.0402. The zero-order chi connectivity index (χ0) is 10.6. The molecule has 0 aromatic rings. The predicted molar refractivity (Wildman–Crippen MR) is 55.4 cm³/mol. The summed E-state index contributed by atoms with van der Waals surface area (Å²) in [6.45, 7) is 3.59. The van der Waals surface area contributed by atoms with Crippen LogP contribution in [0.15, 0.2) is 34.7 Å². The first-order chi connectivity index (χ1) is 6.78. The molecule has 3 nitrogen and oxygen atoms in total. The Kier molecular flexibility index (Phi) is 2.95. The van der Waals surface area contributed by atoms with Crippen molar-refractivity contribution in [2.24, 2.45) is 0 Å². The molecule has 0 unspecified atom stereocenters. The summed E-state index contributed by atoms with van der Waals surface area (Å²) in [5, 5.41) is 26.2. The van der Waals surface area contributed by atoms with Crippen LogP contribution in [0.1, 0.15) is 0 Å². The van der Waals surface area contributed by atoms with Gasteiger partial charge in [0, 0.05) is 5.57 Å². The average molecular weight is 177 g/mol. The van der Waals surface area contributed by atoms with Gasteiger partial charge < -0.3 is 0 Å². The number of nitrogens with zero attached hydrogens (tertiary/aromatic N) is 3. The van der Waals surface area contributed by atoms with Crippen molar-refractivity contribution in [3.63, 3.8) is 0 Å². The summed E-state index contributed by atoms with van der Waals surface area (Å²) in [5.41, 5.74) is 1.87. The Balaban J connectivity index is 3.36. The molecule has 1 aliphatic heterocycles. The average Bonchev–Trinajstić information content (AvgIpc) is 2.62. The van der Waals surface area contributed by atoms with Gasteiger partial charge in [0.25, 0.3) is 0 Å². The van der Waals surface area contributed by atoms with Crippen LogP contribution in [0.2, 0.25) is 0 Å². The van der Waals surface area contributed by atoms with Crippen molar-refractivity contribution in [1.29, 1.82) is 15.8 Å². The maximum atomic E-state index is 8.87. The molecule has 0 amide bonds. The molecule has 14 heavy (non-hydrogen) atoms. The summed E-state index contributed by atoms with van der Waals surface area (Å²) in [4.78, 5) is 0. The Hall–Kier alpha value is -2.18. The fraction of sp³-hybridized carbons (Fsp3) is 0. The SMILES string of the molecule is C=CC1=C(C#N)C(=C(C#N)C#N)BB1. The van der Waals surface area contributed by atoms with Crippen LogP contribution >= 0.6 is 0 Å². The number of hydrogen-bond acceptors (Lipinski definition) is 3. The highest BCUT2D eigenvalue weighted by Gasteiger charge is 2.22. The third kappa shape index (κ3) is 1.47. The second-order valence-corrected chi connectivity index (χ2v) is 2.79. The fourth-order valence-corrected chi connectivity index (χ4v) is 1.46. The summed E-state index contributed by atoms with van der Waals surface area (Å²) in [6, 6.07) is 5.62. The van der Waals surface area contributed by atoms with E-state index in [0.717, 1.165) is 5.47 Å². The maximum Gasteiger partial charge on any atom is 0.134 e. The van der Waals surface area contributed by atoms with Gasteiger partial charge in [-0.2, -0.15) is 15.8 Å². The monoisotopic (exact) mass is 177 g/mol. The van der Waals surface area contributed by atoms with E-state index in [1.54, 1.807) is 18.2 Å². The maximum absolute atomic E-state index is 8.87. The van der Waals surface area contributed by atoms with Crippen molar-refractivity contribution in [2.45, 2.75) is 0 Å². The zero-order valence-electron chi connectivity index (χ0n) is 7.54. The van der Waals surface area contributed by atoms with E-state index in [0.29, 0.717) is 25.4 Å². The molecule has 5 heteroatoms. The van der Waals surface area contributed by atoms with Crippen LogP contribution < -0.4 is 0 Å². The summed E-state index contributed by atoms with van der Waals surface area (Å²) < 4.78 is 0. The van der Waals surface area contributed by atoms with E-state index < -0.39 is 0 Å². The second-order valence-electron chi connectivity index (χ2n) is 2.79. The molecule has 1 heterocycles. The molecule has 0 N–H and O–H groups in total. The molecule has 0 spiro atoms. The molecule has 0 aliphatic carbocycles. The lowest BCUT2D eigenvalue weighted by Gasteiger charge is -1.96. The number of nitriles is 3. The van der Waals surface area contributed by atoms with E-state index >= 15 is 0 Å². The van der Waals surface area contributed by atoms with Crippen LogP contribution in [-0.4, -0.2) is 14.3 Å². The van der Waals surface area contributed by atoms with Crippen LogP contribution in [-0.2, 0) is 0 Å². The minimum Gasteiger partial charge on any atom is -0.192 e. The van der Waals surface area contributed by atoms with E-state index in [9.17, 15) is 0 Å². The van der Waals surface area contributed by atoms with Crippen molar-refractivity contribution in [3.8, 4) is 18.2 Å². The van der Waals surface area contributed by atoms with Crippen LogP contribution in [0.4, 0.5) is 0 Å². The number of allylic oxidation sites excluding steroid dienone is 5. The topological polar surface area (TPSA) is 71.4 Å². The first-order valence-electron chi connectivity index (χ1n) is 4.07. The third-order valence-electron chi connectivity index (χ3n) is 2.15. The molecule has 0 atom stereocenters. The molecular weight excluding hydrogens is 172 g/mol. The summed E-state index contributed by atoms with van der Waals surface area (Å²) >= 11 is 0. The van der Waals surface area contributed by atoms with E-state index in [1.807, 2.05) is 6.07 Å². The highest BCUT2D eigenvalue weighted by Crippen LogP contribution is 2.22. The van der Waals surface area contributed by atoms with Crippen molar-refractivity contribution < 1.29 is 0 Å². The largest absolute Gasteiger partial charge is 0.192 e. The predicted octanol–water partition coefficient (Wildman–Crippen LogP) is 0.0529. The van der Waals surface area contributed by atoms with Crippen LogP contribution in [0, 0.1) is 34.0 Å². The van der Waals surface area contributed by atoms with Gasteiger partial charge in [-0.05, 0) is 5.47 Å². The third-order valence-corrected chi connectivity index (χ3v) is 2.15. The standard InChI is InChI=1S/C9H5B2N3/c1-2-8-7(5-14)9(11-10-8)6(3-12)4-13/h2,10-11H,1H2. The molecule has 0 saturated carbocycles. The molecule has 62 valence electrons. The molecule has 0 aromatic heterocycles. The number of hydrogen-bond donors (Lipinski definition) is 0. The van der Waals surface area contributed by atoms with Gasteiger partial charge in [0.1, 0.15) is 32.1 Å². The Bertz CT molecular complexity index is 450. The first-order valence-corrected chi connectivity index (χ1v) is 4.07. The van der Waals surface area contributed by atoms with Gasteiger partial charge in [0.2, 0.25) is 0 Å². The van der Waals surface area contributed by atoms with E-state index in [2.05, 4.69) is 6.58 Å². The molecule has 0 aromatic carbocycles. The first kappa shape index (κ1) is 9.90. The Morgan fingerprint density at radius 1 is 1.21 bits per heavy atom. The zero-order valence-corrected chi connectivity index (χ0v) is 7.54. The lowest BCUT2D eigenvalue weighted by molar-refractivity contribution is 1.43. The van der Waals surface area contributed by atoms with Gasteiger partial charge in [0.15, 0.2) is 0 Å². The van der Waals surface area contributed by atoms with Crippen molar-refractivity contribution in [3.05, 3.63) is 34.7 Å². The van der Waals surface area contributed by atoms with Gasteiger partial charge in [-0.1, -0.05) is 18.1 Å². The smallest absolute Gasteiger partial charge is 0.134 e. The fourth-order valence-electron chi connectivity index (χ4n) is 1.46. The quantitative estimate of drug-likeness (QED) is 0.419.